The smallest absolute Gasteiger partial charge is 0.343 e. The van der Waals surface area contributed by atoms with Gasteiger partial charge in [-0.1, -0.05) is 6.92 Å². The number of hydrogen-bond acceptors (Lipinski definition) is 4. The van der Waals surface area contributed by atoms with Crippen LogP contribution in [0.5, 0.6) is 0 Å². The molecule has 7 nitrogen and oxygen atoms in total. The molecule has 0 aliphatic carbocycles. The lowest BCUT2D eigenvalue weighted by Crippen LogP contribution is -2.56. The Balaban J connectivity index is 2.24. The molecule has 2 rings (SSSR count). The Kier molecular flexibility index (Phi) is 4.30. The van der Waals surface area contributed by atoms with Crippen LogP contribution < -0.4 is 15.2 Å². The number of fused-ring (bicyclic) bond motifs is 1. The summed E-state index contributed by atoms with van der Waals surface area (Å²) in [4.78, 5) is 30.2. The van der Waals surface area contributed by atoms with Crippen molar-refractivity contribution < 1.29 is 9.59 Å². The Morgan fingerprint density at radius 3 is 2.76 bits per heavy atom. The highest BCUT2D eigenvalue weighted by molar-refractivity contribution is 6.02. The number of nitrogens with one attached hydrogen (secondary N) is 1. The molecule has 7 heteroatoms. The van der Waals surface area contributed by atoms with Gasteiger partial charge >= 0.3 is 6.03 Å². The molecule has 0 fully saturated rings. The maximum atomic E-state index is 12.4. The Morgan fingerprint density at radius 1 is 1.38 bits per heavy atom. The molecule has 1 aromatic rings. The van der Waals surface area contributed by atoms with Crippen LogP contribution in [0.3, 0.4) is 0 Å². The molecule has 1 aromatic heterocycles. The highest BCUT2D eigenvalue weighted by atomic mass is 16.2. The Bertz CT molecular complexity index is 548. The fraction of sp³-hybridized carbons (Fsp3) is 0.500. The Morgan fingerprint density at radius 2 is 2.10 bits per heavy atom. The fourth-order valence-electron chi connectivity index (χ4n) is 2.12. The number of carbonyl (C=O) groups excluding carboxylic acids is 2. The molecule has 0 saturated heterocycles. The lowest BCUT2D eigenvalue weighted by molar-refractivity contribution is -0.120. The van der Waals surface area contributed by atoms with Gasteiger partial charge in [-0.25, -0.2) is 14.8 Å². The van der Waals surface area contributed by atoms with Gasteiger partial charge < -0.3 is 5.32 Å². The van der Waals surface area contributed by atoms with Crippen molar-refractivity contribution in [3.8, 4) is 0 Å². The number of hydrazine groups is 1. The topological polar surface area (TPSA) is 68.8 Å². The molecule has 1 N–H and O–H groups in total. The lowest BCUT2D eigenvalue weighted by Gasteiger charge is -2.40. The van der Waals surface area contributed by atoms with Crippen molar-refractivity contribution in [1.82, 2.24) is 15.3 Å². The molecular weight excluding hydrogens is 270 g/mol. The summed E-state index contributed by atoms with van der Waals surface area (Å²) in [5.74, 6) is 0.474. The molecule has 1 unspecified atom stereocenters. The summed E-state index contributed by atoms with van der Waals surface area (Å²) in [7, 11) is 3.42. The Labute approximate surface area is 124 Å². The average molecular weight is 291 g/mol. The van der Waals surface area contributed by atoms with Gasteiger partial charge in [0.25, 0.3) is 0 Å². The molecule has 1 aliphatic heterocycles. The van der Waals surface area contributed by atoms with Crippen LogP contribution in [0, 0.1) is 0 Å². The minimum Gasteiger partial charge on any atom is -0.352 e. The van der Waals surface area contributed by atoms with Gasteiger partial charge in [-0.05, 0) is 25.5 Å². The molecule has 0 bridgehead atoms. The second-order valence-corrected chi connectivity index (χ2v) is 5.14. The number of amides is 3. The van der Waals surface area contributed by atoms with E-state index in [9.17, 15) is 9.59 Å². The van der Waals surface area contributed by atoms with E-state index in [1.165, 1.54) is 9.91 Å². The third-order valence-electron chi connectivity index (χ3n) is 3.64. The van der Waals surface area contributed by atoms with Gasteiger partial charge in [-0.2, -0.15) is 0 Å². The van der Waals surface area contributed by atoms with Crippen molar-refractivity contribution in [1.29, 1.82) is 0 Å². The number of rotatable bonds is 4. The third-order valence-corrected chi connectivity index (χ3v) is 3.64. The van der Waals surface area contributed by atoms with Crippen molar-refractivity contribution in [2.75, 3.05) is 30.5 Å². The summed E-state index contributed by atoms with van der Waals surface area (Å²) in [5, 5.41) is 5.97. The van der Waals surface area contributed by atoms with E-state index in [0.717, 1.165) is 6.42 Å². The minimum absolute atomic E-state index is 0.0138. The second-order valence-electron chi connectivity index (χ2n) is 5.14. The maximum absolute atomic E-state index is 12.4. The molecule has 0 radical (unpaired) electrons. The lowest BCUT2D eigenvalue weighted by atomic mass is 10.2. The van der Waals surface area contributed by atoms with Crippen LogP contribution in [-0.4, -0.2) is 48.6 Å². The summed E-state index contributed by atoms with van der Waals surface area (Å²) in [6, 6.07) is 3.38. The highest BCUT2D eigenvalue weighted by Crippen LogP contribution is 2.31. The molecule has 21 heavy (non-hydrogen) atoms. The molecule has 114 valence electrons. The summed E-state index contributed by atoms with van der Waals surface area (Å²) in [6.07, 6.45) is 2.51. The molecule has 2 heterocycles. The second kappa shape index (κ2) is 5.99. The van der Waals surface area contributed by atoms with Gasteiger partial charge in [-0.15, -0.1) is 0 Å². The van der Waals surface area contributed by atoms with Gasteiger partial charge in [-0.3, -0.25) is 14.7 Å². The van der Waals surface area contributed by atoms with Gasteiger partial charge in [0.15, 0.2) is 5.82 Å². The van der Waals surface area contributed by atoms with E-state index in [-0.39, 0.29) is 24.5 Å². The first-order valence-electron chi connectivity index (χ1n) is 6.99. The minimum atomic E-state index is -0.252. The fourth-order valence-corrected chi connectivity index (χ4v) is 2.12. The third kappa shape index (κ3) is 2.91. The molecule has 1 atom stereocenters. The normalized spacial score (nSPS) is 15.8. The van der Waals surface area contributed by atoms with Gasteiger partial charge in [0.05, 0.1) is 5.69 Å². The quantitative estimate of drug-likeness (QED) is 0.905. The first-order chi connectivity index (χ1) is 9.95. The summed E-state index contributed by atoms with van der Waals surface area (Å²) in [6.45, 7) is 3.92. The standard InChI is InChI=1S/C14H21N5O2/c1-5-10(2)16-12(20)9-19-11-7-6-8-15-13(11)17(3)18(4)14(19)21/h6-8,10H,5,9H2,1-4H3,(H,16,20). The molecule has 0 saturated carbocycles. The predicted octanol–water partition coefficient (Wildman–Crippen LogP) is 1.22. The van der Waals surface area contributed by atoms with Crippen molar-refractivity contribution >= 4 is 23.4 Å². The average Bonchev–Trinajstić information content (AvgIpc) is 2.49. The number of aromatic nitrogens is 1. The monoisotopic (exact) mass is 291 g/mol. The number of carbonyl (C=O) groups is 2. The van der Waals surface area contributed by atoms with E-state index in [2.05, 4.69) is 10.3 Å². The zero-order chi connectivity index (χ0) is 15.6. The van der Waals surface area contributed by atoms with E-state index < -0.39 is 0 Å². The molecule has 0 aromatic carbocycles. The highest BCUT2D eigenvalue weighted by Gasteiger charge is 2.33. The maximum Gasteiger partial charge on any atom is 0.343 e. The van der Waals surface area contributed by atoms with Crippen LogP contribution >= 0.6 is 0 Å². The molecule has 1 aliphatic rings. The van der Waals surface area contributed by atoms with E-state index in [1.54, 1.807) is 37.4 Å². The summed E-state index contributed by atoms with van der Waals surface area (Å²) in [5.41, 5.74) is 0.641. The first kappa shape index (κ1) is 15.1. The van der Waals surface area contributed by atoms with Crippen molar-refractivity contribution in [3.63, 3.8) is 0 Å². The largest absolute Gasteiger partial charge is 0.352 e. The van der Waals surface area contributed by atoms with Crippen LogP contribution in [0.25, 0.3) is 0 Å². The van der Waals surface area contributed by atoms with E-state index in [1.807, 2.05) is 13.8 Å². The molecular formula is C14H21N5O2. The van der Waals surface area contributed by atoms with Crippen molar-refractivity contribution in [2.45, 2.75) is 26.3 Å². The van der Waals surface area contributed by atoms with Gasteiger partial charge in [0, 0.05) is 26.3 Å². The van der Waals surface area contributed by atoms with Gasteiger partial charge in [0.2, 0.25) is 5.91 Å². The van der Waals surface area contributed by atoms with Gasteiger partial charge in [0.1, 0.15) is 6.54 Å². The zero-order valence-corrected chi connectivity index (χ0v) is 12.8. The zero-order valence-electron chi connectivity index (χ0n) is 12.8. The van der Waals surface area contributed by atoms with Crippen molar-refractivity contribution in [3.05, 3.63) is 18.3 Å². The van der Waals surface area contributed by atoms with Crippen LogP contribution in [0.2, 0.25) is 0 Å². The number of nitrogens with zero attached hydrogens (tertiary/aromatic N) is 4. The van der Waals surface area contributed by atoms with E-state index in [4.69, 9.17) is 0 Å². The first-order valence-corrected chi connectivity index (χ1v) is 6.99. The van der Waals surface area contributed by atoms with Crippen molar-refractivity contribution in [2.24, 2.45) is 0 Å². The van der Waals surface area contributed by atoms with Crippen LogP contribution in [0.15, 0.2) is 18.3 Å². The number of anilines is 2. The SMILES string of the molecule is CCC(C)NC(=O)CN1C(=O)N(C)N(C)c2ncccc21. The van der Waals surface area contributed by atoms with Crippen LogP contribution in [0.1, 0.15) is 20.3 Å². The number of urea groups is 1. The van der Waals surface area contributed by atoms with E-state index >= 15 is 0 Å². The molecule has 3 amide bonds. The number of pyridine rings is 1. The molecule has 0 spiro atoms. The van der Waals surface area contributed by atoms with Crippen LogP contribution in [-0.2, 0) is 4.79 Å². The van der Waals surface area contributed by atoms with E-state index in [0.29, 0.717) is 11.5 Å². The predicted molar refractivity (Wildman–Crippen MR) is 81.0 cm³/mol. The number of hydrogen-bond donors (Lipinski definition) is 1. The van der Waals surface area contributed by atoms with Crippen LogP contribution in [0.4, 0.5) is 16.3 Å². The Hall–Kier alpha value is -2.31. The summed E-state index contributed by atoms with van der Waals surface area (Å²) < 4.78 is 0. The summed E-state index contributed by atoms with van der Waals surface area (Å²) >= 11 is 0.